The summed E-state index contributed by atoms with van der Waals surface area (Å²) < 4.78 is 7.21. The van der Waals surface area contributed by atoms with Crippen molar-refractivity contribution < 1.29 is 9.53 Å². The second-order valence-corrected chi connectivity index (χ2v) is 8.76. The van der Waals surface area contributed by atoms with Gasteiger partial charge >= 0.3 is 0 Å². The number of anilines is 1. The van der Waals surface area contributed by atoms with Gasteiger partial charge in [0.1, 0.15) is 16.8 Å². The maximum atomic E-state index is 12.5. The van der Waals surface area contributed by atoms with Crippen LogP contribution < -0.4 is 10.1 Å². The highest BCUT2D eigenvalue weighted by Crippen LogP contribution is 2.30. The lowest BCUT2D eigenvalue weighted by Crippen LogP contribution is -2.14. The molecule has 160 valence electrons. The monoisotopic (exact) mass is 481 g/mol. The first-order valence-electron chi connectivity index (χ1n) is 9.35. The van der Waals surface area contributed by atoms with Gasteiger partial charge in [0.05, 0.1) is 18.4 Å². The first-order chi connectivity index (χ1) is 15.6. The molecule has 2 aromatic heterocycles. The number of thioether (sulfide) groups is 1. The molecule has 0 saturated carbocycles. The van der Waals surface area contributed by atoms with Crippen molar-refractivity contribution >= 4 is 45.6 Å². The standard InChI is InChI=1S/C22H16ClN5O2S2/c1-30-18-4-2-3-14(11-18)20-26-27-22(28(20)17-7-5-16(23)6-8-17)32-13-19(29)25-21-15(12-24)9-10-31-21/h2-11H,13H2,1H3,(H,25,29). The smallest absolute Gasteiger partial charge is 0.235 e. The van der Waals surface area contributed by atoms with Crippen LogP contribution in [0.3, 0.4) is 0 Å². The van der Waals surface area contributed by atoms with Crippen molar-refractivity contribution in [2.24, 2.45) is 0 Å². The SMILES string of the molecule is COc1cccc(-c2nnc(SCC(=O)Nc3sccc3C#N)n2-c2ccc(Cl)cc2)c1. The molecule has 10 heteroatoms. The molecule has 2 aromatic carbocycles. The van der Waals surface area contributed by atoms with Gasteiger partial charge in [-0.1, -0.05) is 35.5 Å². The quantitative estimate of drug-likeness (QED) is 0.362. The molecule has 0 saturated heterocycles. The number of nitrogens with one attached hydrogen (secondary N) is 1. The first kappa shape index (κ1) is 21.9. The van der Waals surface area contributed by atoms with E-state index in [4.69, 9.17) is 21.6 Å². The molecule has 7 nitrogen and oxygen atoms in total. The van der Waals surface area contributed by atoms with E-state index in [9.17, 15) is 4.79 Å². The normalized spacial score (nSPS) is 10.5. The molecule has 4 rings (SSSR count). The van der Waals surface area contributed by atoms with Crippen LogP contribution in [0.25, 0.3) is 17.1 Å². The minimum absolute atomic E-state index is 0.104. The van der Waals surface area contributed by atoms with Crippen LogP contribution in [0, 0.1) is 11.3 Å². The zero-order valence-corrected chi connectivity index (χ0v) is 19.2. The average molecular weight is 482 g/mol. The number of nitriles is 1. The topological polar surface area (TPSA) is 92.8 Å². The van der Waals surface area contributed by atoms with Crippen LogP contribution >= 0.6 is 34.7 Å². The third-order valence-corrected chi connectivity index (χ3v) is 6.43. The molecule has 1 N–H and O–H groups in total. The Labute approximate surface area is 197 Å². The molecule has 0 spiro atoms. The minimum atomic E-state index is -0.234. The summed E-state index contributed by atoms with van der Waals surface area (Å²) >= 11 is 8.63. The summed E-state index contributed by atoms with van der Waals surface area (Å²) in [6.45, 7) is 0. The molecule has 0 aliphatic rings. The van der Waals surface area contributed by atoms with E-state index in [1.807, 2.05) is 41.0 Å². The van der Waals surface area contributed by atoms with Crippen LogP contribution in [0.4, 0.5) is 5.00 Å². The number of carbonyl (C=O) groups excluding carboxylic acids is 1. The van der Waals surface area contributed by atoms with Crippen molar-refractivity contribution in [3.8, 4) is 28.9 Å². The lowest BCUT2D eigenvalue weighted by molar-refractivity contribution is -0.113. The van der Waals surface area contributed by atoms with Crippen LogP contribution in [0.2, 0.25) is 5.02 Å². The van der Waals surface area contributed by atoms with Crippen molar-refractivity contribution in [1.82, 2.24) is 14.8 Å². The van der Waals surface area contributed by atoms with Crippen molar-refractivity contribution in [3.63, 3.8) is 0 Å². The van der Waals surface area contributed by atoms with Crippen molar-refractivity contribution in [1.29, 1.82) is 5.26 Å². The van der Waals surface area contributed by atoms with Gasteiger partial charge in [-0.2, -0.15) is 5.26 Å². The minimum Gasteiger partial charge on any atom is -0.497 e. The molecule has 0 unspecified atom stereocenters. The van der Waals surface area contributed by atoms with Crippen LogP contribution in [0.5, 0.6) is 5.75 Å². The highest BCUT2D eigenvalue weighted by atomic mass is 35.5. The van der Waals surface area contributed by atoms with E-state index in [-0.39, 0.29) is 11.7 Å². The number of ether oxygens (including phenoxy) is 1. The van der Waals surface area contributed by atoms with E-state index in [0.29, 0.717) is 32.3 Å². The number of hydrogen-bond donors (Lipinski definition) is 1. The zero-order chi connectivity index (χ0) is 22.5. The summed E-state index contributed by atoms with van der Waals surface area (Å²) in [6.07, 6.45) is 0. The van der Waals surface area contributed by atoms with Gasteiger partial charge in [-0.15, -0.1) is 21.5 Å². The van der Waals surface area contributed by atoms with Crippen LogP contribution in [0.15, 0.2) is 65.1 Å². The molecule has 0 aliphatic heterocycles. The highest BCUT2D eigenvalue weighted by Gasteiger charge is 2.18. The van der Waals surface area contributed by atoms with Gasteiger partial charge < -0.3 is 10.1 Å². The molecule has 1 amide bonds. The van der Waals surface area contributed by atoms with Gasteiger partial charge in [0.2, 0.25) is 5.91 Å². The van der Waals surface area contributed by atoms with E-state index >= 15 is 0 Å². The van der Waals surface area contributed by atoms with Crippen LogP contribution in [-0.2, 0) is 4.79 Å². The fourth-order valence-corrected chi connectivity index (χ4v) is 4.55. The van der Waals surface area contributed by atoms with Gasteiger partial charge in [-0.25, -0.2) is 0 Å². The number of benzene rings is 2. The Balaban J connectivity index is 1.63. The van der Waals surface area contributed by atoms with Crippen molar-refractivity contribution in [2.75, 3.05) is 18.2 Å². The third kappa shape index (κ3) is 4.78. The summed E-state index contributed by atoms with van der Waals surface area (Å²) in [7, 11) is 1.61. The predicted molar refractivity (Wildman–Crippen MR) is 127 cm³/mol. The average Bonchev–Trinajstić information content (AvgIpc) is 3.45. The number of nitrogens with zero attached hydrogens (tertiary/aromatic N) is 4. The maximum absolute atomic E-state index is 12.5. The van der Waals surface area contributed by atoms with Gasteiger partial charge in [0.15, 0.2) is 11.0 Å². The number of hydrogen-bond acceptors (Lipinski definition) is 7. The third-order valence-electron chi connectivity index (χ3n) is 4.42. The summed E-state index contributed by atoms with van der Waals surface area (Å²) in [4.78, 5) is 12.5. The van der Waals surface area contributed by atoms with Crippen LogP contribution in [0.1, 0.15) is 5.56 Å². The largest absolute Gasteiger partial charge is 0.497 e. The number of amides is 1. The Kier molecular flexibility index (Phi) is 6.75. The second-order valence-electron chi connectivity index (χ2n) is 6.46. The Hall–Kier alpha value is -3.32. The number of carbonyl (C=O) groups is 1. The fourth-order valence-electron chi connectivity index (χ4n) is 2.92. The number of methoxy groups -OCH3 is 1. The van der Waals surface area contributed by atoms with Crippen LogP contribution in [-0.4, -0.2) is 33.5 Å². The Bertz CT molecular complexity index is 1290. The molecule has 0 fully saturated rings. The molecule has 32 heavy (non-hydrogen) atoms. The molecule has 0 radical (unpaired) electrons. The van der Waals surface area contributed by atoms with Gasteiger partial charge in [0.25, 0.3) is 0 Å². The lowest BCUT2D eigenvalue weighted by Gasteiger charge is -2.11. The summed E-state index contributed by atoms with van der Waals surface area (Å²) in [5.41, 5.74) is 2.07. The zero-order valence-electron chi connectivity index (χ0n) is 16.8. The Morgan fingerprint density at radius 1 is 1.25 bits per heavy atom. The van der Waals surface area contributed by atoms with Gasteiger partial charge in [-0.05, 0) is 47.8 Å². The first-order valence-corrected chi connectivity index (χ1v) is 11.6. The lowest BCUT2D eigenvalue weighted by atomic mass is 10.2. The number of aromatic nitrogens is 3. The predicted octanol–water partition coefficient (Wildman–Crippen LogP) is 5.26. The number of rotatable bonds is 7. The highest BCUT2D eigenvalue weighted by molar-refractivity contribution is 7.99. The summed E-state index contributed by atoms with van der Waals surface area (Å²) in [5, 5.41) is 24.1. The fraction of sp³-hybridized carbons (Fsp3) is 0.0909. The molecule has 0 atom stereocenters. The molecule has 2 heterocycles. The number of thiophene rings is 1. The van der Waals surface area contributed by atoms with E-state index in [2.05, 4.69) is 21.6 Å². The van der Waals surface area contributed by atoms with E-state index in [0.717, 1.165) is 11.3 Å². The molecular weight excluding hydrogens is 466 g/mol. The van der Waals surface area contributed by atoms with Gasteiger partial charge in [-0.3, -0.25) is 9.36 Å². The van der Waals surface area contributed by atoms with Crippen molar-refractivity contribution in [2.45, 2.75) is 5.16 Å². The van der Waals surface area contributed by atoms with E-state index < -0.39 is 0 Å². The Morgan fingerprint density at radius 2 is 2.06 bits per heavy atom. The Morgan fingerprint density at radius 3 is 2.81 bits per heavy atom. The summed E-state index contributed by atoms with van der Waals surface area (Å²) in [6, 6.07) is 18.6. The van der Waals surface area contributed by atoms with E-state index in [1.165, 1.54) is 23.1 Å². The van der Waals surface area contributed by atoms with Gasteiger partial charge in [0, 0.05) is 16.3 Å². The van der Waals surface area contributed by atoms with E-state index in [1.54, 1.807) is 30.7 Å². The molecule has 0 aliphatic carbocycles. The number of halogens is 1. The summed E-state index contributed by atoms with van der Waals surface area (Å²) in [5.74, 6) is 1.18. The second kappa shape index (κ2) is 9.87. The molecular formula is C22H16ClN5O2S2. The van der Waals surface area contributed by atoms with Crippen molar-refractivity contribution in [3.05, 3.63) is 70.6 Å². The maximum Gasteiger partial charge on any atom is 0.235 e. The molecule has 4 aromatic rings. The molecule has 0 bridgehead atoms.